The first-order valence-electron chi connectivity index (χ1n) is 7.57. The van der Waals surface area contributed by atoms with Gasteiger partial charge in [0.2, 0.25) is 0 Å². The fourth-order valence-electron chi connectivity index (χ4n) is 2.95. The molecule has 1 aliphatic rings. The molecule has 0 saturated carbocycles. The second kappa shape index (κ2) is 5.76. The van der Waals surface area contributed by atoms with Crippen LogP contribution in [0.3, 0.4) is 0 Å². The summed E-state index contributed by atoms with van der Waals surface area (Å²) in [4.78, 5) is 21.4. The standard InChI is InChI=1S/C16H21N3O2/c1-3-12-4-5-15(21-12)14-8-11(2)6-7-19(14)16(20)13-9-17-10-18-13/h4-5,9-11,14H,3,6-8H2,1-2H3,(H,17,18)/t11-,14-/m1/s1. The Bertz CT molecular complexity index is 603. The van der Waals surface area contributed by atoms with Crippen molar-refractivity contribution >= 4 is 5.91 Å². The Morgan fingerprint density at radius 3 is 3.05 bits per heavy atom. The van der Waals surface area contributed by atoms with Crippen molar-refractivity contribution in [3.8, 4) is 0 Å². The van der Waals surface area contributed by atoms with Gasteiger partial charge < -0.3 is 14.3 Å². The number of likely N-dealkylation sites (tertiary alicyclic amines) is 1. The third-order valence-corrected chi connectivity index (χ3v) is 4.21. The number of aryl methyl sites for hydroxylation is 1. The first-order valence-corrected chi connectivity index (χ1v) is 7.57. The Hall–Kier alpha value is -2.04. The molecule has 0 aliphatic carbocycles. The molecule has 1 saturated heterocycles. The number of piperidine rings is 1. The van der Waals surface area contributed by atoms with E-state index in [0.29, 0.717) is 11.6 Å². The molecule has 5 heteroatoms. The van der Waals surface area contributed by atoms with E-state index >= 15 is 0 Å². The average molecular weight is 287 g/mol. The molecule has 0 spiro atoms. The second-order valence-electron chi connectivity index (χ2n) is 5.77. The number of imidazole rings is 1. The molecule has 0 aromatic carbocycles. The Kier molecular flexibility index (Phi) is 3.82. The van der Waals surface area contributed by atoms with E-state index in [0.717, 1.165) is 37.3 Å². The van der Waals surface area contributed by atoms with Crippen molar-refractivity contribution in [2.24, 2.45) is 5.92 Å². The van der Waals surface area contributed by atoms with Crippen LogP contribution in [0.5, 0.6) is 0 Å². The maximum atomic E-state index is 12.6. The van der Waals surface area contributed by atoms with Crippen molar-refractivity contribution in [3.05, 3.63) is 41.9 Å². The predicted molar refractivity (Wildman–Crippen MR) is 78.8 cm³/mol. The maximum Gasteiger partial charge on any atom is 0.272 e. The van der Waals surface area contributed by atoms with Gasteiger partial charge >= 0.3 is 0 Å². The lowest BCUT2D eigenvalue weighted by Crippen LogP contribution is -2.40. The maximum absolute atomic E-state index is 12.6. The van der Waals surface area contributed by atoms with Gasteiger partial charge in [0.15, 0.2) is 0 Å². The van der Waals surface area contributed by atoms with Crippen LogP contribution in [0.1, 0.15) is 54.7 Å². The number of H-pyrrole nitrogens is 1. The number of nitrogens with one attached hydrogen (secondary N) is 1. The Morgan fingerprint density at radius 1 is 1.52 bits per heavy atom. The number of aromatic nitrogens is 2. The number of furan rings is 1. The van der Waals surface area contributed by atoms with E-state index in [1.54, 1.807) is 6.20 Å². The third-order valence-electron chi connectivity index (χ3n) is 4.21. The van der Waals surface area contributed by atoms with Crippen LogP contribution in [0.25, 0.3) is 0 Å². The fourth-order valence-corrected chi connectivity index (χ4v) is 2.95. The molecule has 0 bridgehead atoms. The van der Waals surface area contributed by atoms with Crippen molar-refractivity contribution in [2.75, 3.05) is 6.54 Å². The zero-order chi connectivity index (χ0) is 14.8. The normalized spacial score (nSPS) is 22.5. The highest BCUT2D eigenvalue weighted by Crippen LogP contribution is 2.35. The highest BCUT2D eigenvalue weighted by Gasteiger charge is 2.33. The van der Waals surface area contributed by atoms with Crippen molar-refractivity contribution in [3.63, 3.8) is 0 Å². The van der Waals surface area contributed by atoms with E-state index in [9.17, 15) is 4.79 Å². The number of amides is 1. The number of carbonyl (C=O) groups excluding carboxylic acids is 1. The van der Waals surface area contributed by atoms with Gasteiger partial charge in [-0.25, -0.2) is 4.98 Å². The van der Waals surface area contributed by atoms with Crippen molar-refractivity contribution in [1.82, 2.24) is 14.9 Å². The first-order chi connectivity index (χ1) is 10.2. The molecule has 21 heavy (non-hydrogen) atoms. The van der Waals surface area contributed by atoms with Crippen LogP contribution in [-0.4, -0.2) is 27.3 Å². The van der Waals surface area contributed by atoms with E-state index < -0.39 is 0 Å². The molecule has 3 rings (SSSR count). The molecule has 2 aromatic rings. The molecule has 112 valence electrons. The van der Waals surface area contributed by atoms with Crippen LogP contribution in [0.15, 0.2) is 29.1 Å². The van der Waals surface area contributed by atoms with Crippen LogP contribution in [0.2, 0.25) is 0 Å². The van der Waals surface area contributed by atoms with Gasteiger partial charge in [-0.05, 0) is 30.9 Å². The summed E-state index contributed by atoms with van der Waals surface area (Å²) in [5.41, 5.74) is 0.539. The zero-order valence-corrected chi connectivity index (χ0v) is 12.5. The van der Waals surface area contributed by atoms with Crippen molar-refractivity contribution < 1.29 is 9.21 Å². The molecular weight excluding hydrogens is 266 g/mol. The summed E-state index contributed by atoms with van der Waals surface area (Å²) in [6, 6.07) is 4.03. The number of nitrogens with zero attached hydrogens (tertiary/aromatic N) is 2. The molecule has 1 amide bonds. The topological polar surface area (TPSA) is 62.1 Å². The van der Waals surface area contributed by atoms with Crippen LogP contribution >= 0.6 is 0 Å². The molecule has 1 N–H and O–H groups in total. The first kappa shape index (κ1) is 13.9. The lowest BCUT2D eigenvalue weighted by Gasteiger charge is -2.37. The van der Waals surface area contributed by atoms with Crippen LogP contribution in [-0.2, 0) is 6.42 Å². The number of aromatic amines is 1. The van der Waals surface area contributed by atoms with Crippen molar-refractivity contribution in [2.45, 2.75) is 39.2 Å². The molecule has 3 heterocycles. The smallest absolute Gasteiger partial charge is 0.272 e. The molecular formula is C16H21N3O2. The van der Waals surface area contributed by atoms with E-state index in [-0.39, 0.29) is 11.9 Å². The summed E-state index contributed by atoms with van der Waals surface area (Å²) >= 11 is 0. The molecule has 5 nitrogen and oxygen atoms in total. The Balaban J connectivity index is 1.87. The summed E-state index contributed by atoms with van der Waals surface area (Å²) in [5, 5.41) is 0. The van der Waals surface area contributed by atoms with Gasteiger partial charge in [0.05, 0.1) is 18.6 Å². The van der Waals surface area contributed by atoms with Crippen LogP contribution < -0.4 is 0 Å². The summed E-state index contributed by atoms with van der Waals surface area (Å²) in [5.74, 6) is 2.46. The van der Waals surface area contributed by atoms with Gasteiger partial charge in [0.25, 0.3) is 5.91 Å². The minimum Gasteiger partial charge on any atom is -0.464 e. The number of carbonyl (C=O) groups is 1. The van der Waals surface area contributed by atoms with Gasteiger partial charge in [0, 0.05) is 13.0 Å². The monoisotopic (exact) mass is 287 g/mol. The third kappa shape index (κ3) is 2.73. The number of rotatable bonds is 3. The predicted octanol–water partition coefficient (Wildman–Crippen LogP) is 3.18. The quantitative estimate of drug-likeness (QED) is 0.943. The minimum atomic E-state index is -0.00107. The molecule has 0 radical (unpaired) electrons. The van der Waals surface area contributed by atoms with E-state index in [2.05, 4.69) is 23.8 Å². The Labute approximate surface area is 124 Å². The molecule has 1 fully saturated rings. The Morgan fingerprint density at radius 2 is 2.38 bits per heavy atom. The number of hydrogen-bond donors (Lipinski definition) is 1. The number of hydrogen-bond acceptors (Lipinski definition) is 3. The molecule has 1 aliphatic heterocycles. The molecule has 0 unspecified atom stereocenters. The van der Waals surface area contributed by atoms with Gasteiger partial charge in [0.1, 0.15) is 17.2 Å². The molecule has 2 aromatic heterocycles. The SMILES string of the molecule is CCc1ccc([C@H]2C[C@H](C)CCN2C(=O)c2cnc[nH]2)o1. The van der Waals surface area contributed by atoms with E-state index in [4.69, 9.17) is 4.42 Å². The van der Waals surface area contributed by atoms with Crippen LogP contribution in [0, 0.1) is 5.92 Å². The molecule has 2 atom stereocenters. The summed E-state index contributed by atoms with van der Waals surface area (Å²) in [6.45, 7) is 5.06. The minimum absolute atomic E-state index is 0.00107. The zero-order valence-electron chi connectivity index (χ0n) is 12.5. The second-order valence-corrected chi connectivity index (χ2v) is 5.77. The van der Waals surface area contributed by atoms with Gasteiger partial charge in [-0.3, -0.25) is 4.79 Å². The van der Waals surface area contributed by atoms with Gasteiger partial charge in [-0.1, -0.05) is 13.8 Å². The summed E-state index contributed by atoms with van der Waals surface area (Å²) in [6.07, 6.45) is 5.96. The summed E-state index contributed by atoms with van der Waals surface area (Å²) in [7, 11) is 0. The largest absolute Gasteiger partial charge is 0.464 e. The van der Waals surface area contributed by atoms with Crippen LogP contribution in [0.4, 0.5) is 0 Å². The highest BCUT2D eigenvalue weighted by molar-refractivity contribution is 5.92. The van der Waals surface area contributed by atoms with E-state index in [1.807, 2.05) is 17.0 Å². The highest BCUT2D eigenvalue weighted by atomic mass is 16.3. The lowest BCUT2D eigenvalue weighted by molar-refractivity contribution is 0.0513. The van der Waals surface area contributed by atoms with Gasteiger partial charge in [-0.15, -0.1) is 0 Å². The fraction of sp³-hybridized carbons (Fsp3) is 0.500. The van der Waals surface area contributed by atoms with Gasteiger partial charge in [-0.2, -0.15) is 0 Å². The average Bonchev–Trinajstić information content (AvgIpc) is 3.18. The lowest BCUT2D eigenvalue weighted by atomic mass is 9.91. The summed E-state index contributed by atoms with van der Waals surface area (Å²) < 4.78 is 5.90. The van der Waals surface area contributed by atoms with E-state index in [1.165, 1.54) is 6.33 Å². The van der Waals surface area contributed by atoms with Crippen molar-refractivity contribution in [1.29, 1.82) is 0 Å².